The fraction of sp³-hybridized carbons (Fsp3) is 0.343. The molecule has 4 aromatic rings. The van der Waals surface area contributed by atoms with Gasteiger partial charge in [-0.3, -0.25) is 9.78 Å². The van der Waals surface area contributed by atoms with E-state index in [1.54, 1.807) is 6.20 Å². The monoisotopic (exact) mass is 577 g/mol. The third-order valence-corrected chi connectivity index (χ3v) is 10.6. The van der Waals surface area contributed by atoms with Crippen LogP contribution in [-0.2, 0) is 35.1 Å². The zero-order valence-electron chi connectivity index (χ0n) is 24.1. The molecule has 1 saturated heterocycles. The van der Waals surface area contributed by atoms with E-state index in [9.17, 15) is 13.6 Å². The van der Waals surface area contributed by atoms with Crippen molar-refractivity contribution in [3.63, 3.8) is 0 Å². The van der Waals surface area contributed by atoms with Gasteiger partial charge in [0.15, 0.2) is 0 Å². The molecular weight excluding hydrogens is 544 g/mol. The Hall–Kier alpha value is -4.17. The van der Waals surface area contributed by atoms with Gasteiger partial charge in [-0.1, -0.05) is 25.5 Å². The average molecular weight is 578 g/mol. The van der Waals surface area contributed by atoms with Gasteiger partial charge in [-0.25, -0.2) is 13.8 Å². The highest BCUT2D eigenvalue weighted by molar-refractivity contribution is 6.06. The molecule has 2 N–H and O–H groups in total. The van der Waals surface area contributed by atoms with Crippen LogP contribution in [0.1, 0.15) is 60.4 Å². The standard InChI is InChI=1S/C35H33F2N5O/c1-21-35(7-3-4-8-35)40-20-33(2,26-13-27(36)15-28(37)14-26)42(21)19-22-10-23-11-24-16-34(17-25(24)12-30(23)39-18-22)29-6-5-9-38-31(29)41-32(34)43/h5-6,9-15,18,40H,1,3-4,7-8,16-17,19-20H2,2H3,(H,38,41,43)/t33-,34-/m0/s1. The van der Waals surface area contributed by atoms with Gasteiger partial charge >= 0.3 is 0 Å². The minimum atomic E-state index is -0.718. The third kappa shape index (κ3) is 3.88. The van der Waals surface area contributed by atoms with Crippen LogP contribution in [0.3, 0.4) is 0 Å². The van der Waals surface area contributed by atoms with E-state index in [4.69, 9.17) is 4.98 Å². The second kappa shape index (κ2) is 9.16. The van der Waals surface area contributed by atoms with Crippen molar-refractivity contribution < 1.29 is 13.6 Å². The molecule has 8 heteroatoms. The predicted molar refractivity (Wildman–Crippen MR) is 161 cm³/mol. The predicted octanol–water partition coefficient (Wildman–Crippen LogP) is 6.04. The van der Waals surface area contributed by atoms with Crippen molar-refractivity contribution in [2.75, 3.05) is 11.9 Å². The van der Waals surface area contributed by atoms with Crippen LogP contribution >= 0.6 is 0 Å². The van der Waals surface area contributed by atoms with E-state index in [-0.39, 0.29) is 11.4 Å². The Kier molecular flexibility index (Phi) is 5.64. The lowest BCUT2D eigenvalue weighted by atomic mass is 9.79. The summed E-state index contributed by atoms with van der Waals surface area (Å²) in [6.07, 6.45) is 9.06. The fourth-order valence-electron chi connectivity index (χ4n) is 8.15. The number of piperazine rings is 1. The number of benzene rings is 2. The second-order valence-corrected chi connectivity index (χ2v) is 13.1. The molecule has 218 valence electrons. The first-order chi connectivity index (χ1) is 20.7. The van der Waals surface area contributed by atoms with Crippen molar-refractivity contribution in [1.29, 1.82) is 0 Å². The summed E-state index contributed by atoms with van der Waals surface area (Å²) in [7, 11) is 0. The molecular formula is C35H33F2N5O. The normalized spacial score (nSPS) is 25.5. The van der Waals surface area contributed by atoms with Crippen LogP contribution in [0.2, 0.25) is 0 Å². The molecule has 1 amide bonds. The number of pyridine rings is 2. The summed E-state index contributed by atoms with van der Waals surface area (Å²) in [6.45, 7) is 7.66. The molecule has 2 aromatic carbocycles. The summed E-state index contributed by atoms with van der Waals surface area (Å²) < 4.78 is 28.9. The van der Waals surface area contributed by atoms with Crippen molar-refractivity contribution in [2.45, 2.75) is 68.5 Å². The van der Waals surface area contributed by atoms with Crippen molar-refractivity contribution >= 4 is 22.6 Å². The maximum absolute atomic E-state index is 14.5. The first-order valence-corrected chi connectivity index (χ1v) is 15.1. The smallest absolute Gasteiger partial charge is 0.237 e. The number of rotatable bonds is 3. The Morgan fingerprint density at radius 1 is 1.00 bits per heavy atom. The van der Waals surface area contributed by atoms with Gasteiger partial charge in [0.1, 0.15) is 17.5 Å². The lowest BCUT2D eigenvalue weighted by Crippen LogP contribution is -2.64. The van der Waals surface area contributed by atoms with Gasteiger partial charge in [0.25, 0.3) is 0 Å². The van der Waals surface area contributed by atoms with Gasteiger partial charge in [-0.2, -0.15) is 0 Å². The van der Waals surface area contributed by atoms with E-state index in [2.05, 4.69) is 45.3 Å². The second-order valence-electron chi connectivity index (χ2n) is 13.1. The van der Waals surface area contributed by atoms with E-state index in [0.29, 0.717) is 37.3 Å². The molecule has 6 nitrogen and oxygen atoms in total. The first-order valence-electron chi connectivity index (χ1n) is 15.1. The summed E-state index contributed by atoms with van der Waals surface area (Å²) in [6, 6.07) is 14.1. The molecule has 0 unspecified atom stereocenters. The van der Waals surface area contributed by atoms with Crippen LogP contribution in [0.4, 0.5) is 14.6 Å². The van der Waals surface area contributed by atoms with Crippen LogP contribution in [-0.4, -0.2) is 32.9 Å². The van der Waals surface area contributed by atoms with Crippen molar-refractivity contribution in [3.05, 3.63) is 113 Å². The van der Waals surface area contributed by atoms with E-state index in [1.807, 2.05) is 25.3 Å². The molecule has 2 aromatic heterocycles. The van der Waals surface area contributed by atoms with E-state index in [0.717, 1.165) is 70.6 Å². The number of nitrogens with one attached hydrogen (secondary N) is 2. The van der Waals surface area contributed by atoms with E-state index >= 15 is 0 Å². The largest absolute Gasteiger partial charge is 0.359 e. The molecule has 1 saturated carbocycles. The number of hydrogen-bond acceptors (Lipinski definition) is 5. The zero-order valence-corrected chi connectivity index (χ0v) is 24.1. The number of fused-ring (bicyclic) bond motifs is 4. The Labute approximate surface area is 249 Å². The summed E-state index contributed by atoms with van der Waals surface area (Å²) in [5.74, 6) is -0.517. The van der Waals surface area contributed by atoms with Crippen LogP contribution in [0.15, 0.2) is 73.2 Å². The summed E-state index contributed by atoms with van der Waals surface area (Å²) in [5, 5.41) is 7.73. The summed E-state index contributed by atoms with van der Waals surface area (Å²) in [5.41, 5.74) is 5.09. The van der Waals surface area contributed by atoms with Crippen molar-refractivity contribution in [2.24, 2.45) is 0 Å². The molecule has 8 rings (SSSR count). The molecule has 2 aliphatic heterocycles. The molecule has 2 spiro atoms. The number of aromatic nitrogens is 2. The Balaban J connectivity index is 1.16. The highest BCUT2D eigenvalue weighted by Gasteiger charge is 2.52. The lowest BCUT2D eigenvalue weighted by molar-refractivity contribution is -0.120. The van der Waals surface area contributed by atoms with Gasteiger partial charge in [0, 0.05) is 48.2 Å². The van der Waals surface area contributed by atoms with Gasteiger partial charge < -0.3 is 15.5 Å². The molecule has 4 heterocycles. The molecule has 0 bridgehead atoms. The highest BCUT2D eigenvalue weighted by atomic mass is 19.1. The van der Waals surface area contributed by atoms with Crippen molar-refractivity contribution in [3.8, 4) is 0 Å². The molecule has 2 fully saturated rings. The van der Waals surface area contributed by atoms with Crippen molar-refractivity contribution in [1.82, 2.24) is 20.2 Å². The van der Waals surface area contributed by atoms with E-state index in [1.165, 1.54) is 12.1 Å². The van der Waals surface area contributed by atoms with Gasteiger partial charge in [0.2, 0.25) is 5.91 Å². The number of anilines is 1. The Morgan fingerprint density at radius 3 is 2.51 bits per heavy atom. The van der Waals surface area contributed by atoms with Gasteiger partial charge in [0.05, 0.1) is 22.0 Å². The third-order valence-electron chi connectivity index (χ3n) is 10.6. The number of halogens is 2. The Morgan fingerprint density at radius 2 is 1.74 bits per heavy atom. The van der Waals surface area contributed by atoms with Crippen LogP contribution in [0.25, 0.3) is 10.9 Å². The topological polar surface area (TPSA) is 70.2 Å². The van der Waals surface area contributed by atoms with Crippen LogP contribution in [0, 0.1) is 11.6 Å². The van der Waals surface area contributed by atoms with Gasteiger partial charge in [-0.05, 0) is 91.3 Å². The SMILES string of the molecule is C=C1N(Cc2cnc3cc4c(cc3c2)C[C@@]2(C4)C(=O)Nc3ncccc32)[C@](C)(c2cc(F)cc(F)c2)CNC12CCCC2. The minimum Gasteiger partial charge on any atom is -0.359 e. The number of hydrogen-bond donors (Lipinski definition) is 2. The van der Waals surface area contributed by atoms with Crippen LogP contribution < -0.4 is 10.6 Å². The number of carbonyl (C=O) groups excluding carboxylic acids is 1. The highest BCUT2D eigenvalue weighted by Crippen LogP contribution is 2.48. The molecule has 2 aliphatic carbocycles. The first kappa shape index (κ1) is 26.5. The molecule has 4 aliphatic rings. The number of amides is 1. The number of nitrogens with zero attached hydrogens (tertiary/aromatic N) is 3. The molecule has 2 atom stereocenters. The maximum Gasteiger partial charge on any atom is 0.237 e. The maximum atomic E-state index is 14.5. The quantitative estimate of drug-likeness (QED) is 0.311. The van der Waals surface area contributed by atoms with Crippen LogP contribution in [0.5, 0.6) is 0 Å². The Bertz CT molecular complexity index is 1830. The zero-order chi connectivity index (χ0) is 29.6. The minimum absolute atomic E-state index is 0.00115. The summed E-state index contributed by atoms with van der Waals surface area (Å²) in [4.78, 5) is 24.7. The van der Waals surface area contributed by atoms with E-state index < -0.39 is 22.6 Å². The average Bonchev–Trinajstić information content (AvgIpc) is 3.68. The molecule has 0 radical (unpaired) electrons. The number of carbonyl (C=O) groups is 1. The van der Waals surface area contributed by atoms with Gasteiger partial charge in [-0.15, -0.1) is 0 Å². The molecule has 43 heavy (non-hydrogen) atoms. The summed E-state index contributed by atoms with van der Waals surface area (Å²) >= 11 is 0. The fourth-order valence-corrected chi connectivity index (χ4v) is 8.15. The lowest BCUT2D eigenvalue weighted by Gasteiger charge is -2.55.